The van der Waals surface area contributed by atoms with Crippen LogP contribution in [-0.2, 0) is 0 Å². The van der Waals surface area contributed by atoms with Gasteiger partial charge < -0.3 is 10.2 Å². The largest absolute Gasteiger partial charge is 0.393 e. The van der Waals surface area contributed by atoms with Crippen LogP contribution in [0.2, 0.25) is 0 Å². The number of aliphatic hydroxyl groups excluding tert-OH is 2. The number of fused-ring (bicyclic) bond motifs is 5. The van der Waals surface area contributed by atoms with Gasteiger partial charge in [0.25, 0.3) is 0 Å². The number of hydrogen-bond donors (Lipinski definition) is 2. The van der Waals surface area contributed by atoms with Crippen molar-refractivity contribution < 1.29 is 10.2 Å². The first-order chi connectivity index (χ1) is 14.0. The van der Waals surface area contributed by atoms with Crippen LogP contribution in [0.3, 0.4) is 0 Å². The van der Waals surface area contributed by atoms with Gasteiger partial charge in [-0.1, -0.05) is 20.8 Å². The van der Waals surface area contributed by atoms with Crippen molar-refractivity contribution in [2.45, 2.75) is 122 Å². The molecule has 0 aliphatic heterocycles. The maximum atomic E-state index is 11.0. The Kier molecular flexibility index (Phi) is 6.40. The molecule has 0 aromatic heterocycles. The van der Waals surface area contributed by atoms with Crippen molar-refractivity contribution in [1.29, 1.82) is 0 Å². The second-order valence-electron chi connectivity index (χ2n) is 13.0. The van der Waals surface area contributed by atoms with Gasteiger partial charge in [-0.25, -0.2) is 0 Å². The lowest BCUT2D eigenvalue weighted by Crippen LogP contribution is -2.54. The molecular weight excluding hydrogens is 392 g/mol. The molecule has 1 unspecified atom stereocenters. The first kappa shape index (κ1) is 23.4. The third-order valence-electron chi connectivity index (χ3n) is 11.0. The molecule has 0 aromatic rings. The molecule has 2 nitrogen and oxygen atoms in total. The van der Waals surface area contributed by atoms with Gasteiger partial charge in [-0.3, -0.25) is 0 Å². The smallest absolute Gasteiger partial charge is 0.0569 e. The topological polar surface area (TPSA) is 40.5 Å². The molecule has 0 saturated heterocycles. The fourth-order valence-electron chi connectivity index (χ4n) is 9.16. The van der Waals surface area contributed by atoms with Gasteiger partial charge in [0.2, 0.25) is 0 Å². The summed E-state index contributed by atoms with van der Waals surface area (Å²) in [5, 5.41) is 21.3. The normalized spacial score (nSPS) is 48.4. The Balaban J connectivity index is 1.47. The van der Waals surface area contributed by atoms with Crippen molar-refractivity contribution in [3.63, 3.8) is 0 Å². The molecule has 3 heteroatoms. The summed E-state index contributed by atoms with van der Waals surface area (Å²) in [5.74, 6) is 4.32. The molecule has 30 heavy (non-hydrogen) atoms. The lowest BCUT2D eigenvalue weighted by atomic mass is 9.44. The lowest BCUT2D eigenvalue weighted by molar-refractivity contribution is -0.132. The monoisotopic (exact) mass is 438 g/mol. The minimum Gasteiger partial charge on any atom is -0.393 e. The van der Waals surface area contributed by atoms with Gasteiger partial charge in [-0.15, -0.1) is 11.6 Å². The van der Waals surface area contributed by atoms with Crippen LogP contribution in [-0.4, -0.2) is 27.3 Å². The van der Waals surface area contributed by atoms with Crippen molar-refractivity contribution in [2.24, 2.45) is 46.3 Å². The third-order valence-corrected chi connectivity index (χ3v) is 11.2. The van der Waals surface area contributed by atoms with Crippen molar-refractivity contribution >= 4 is 11.6 Å². The summed E-state index contributed by atoms with van der Waals surface area (Å²) < 4.78 is 0. The highest BCUT2D eigenvalue weighted by atomic mass is 35.5. The lowest BCUT2D eigenvalue weighted by Gasteiger charge is -2.61. The van der Waals surface area contributed by atoms with Crippen LogP contribution in [0.5, 0.6) is 0 Å². The van der Waals surface area contributed by atoms with Crippen LogP contribution < -0.4 is 0 Å². The zero-order valence-corrected chi connectivity index (χ0v) is 20.9. The SMILES string of the molecule is C[C@H](C(O)CCC(C)(C)Cl)[C@H]1CC[C@H]2[C@@H]3CC[C@H]4C[C@@H](O)CC[C@]4(C)[C@H]3CC[C@]12C. The molecule has 0 radical (unpaired) electrons. The highest BCUT2D eigenvalue weighted by molar-refractivity contribution is 6.23. The van der Waals surface area contributed by atoms with E-state index in [0.29, 0.717) is 22.7 Å². The van der Waals surface area contributed by atoms with E-state index in [-0.39, 0.29) is 17.1 Å². The molecule has 4 rings (SSSR count). The molecule has 10 atom stereocenters. The molecule has 4 saturated carbocycles. The minimum atomic E-state index is -0.227. The van der Waals surface area contributed by atoms with Crippen LogP contribution in [0.4, 0.5) is 0 Å². The maximum Gasteiger partial charge on any atom is 0.0569 e. The standard InChI is InChI=1S/C27H47ClO2/c1-17(24(30)12-13-25(2,3)28)21-8-9-22-20-7-6-18-16-19(29)10-14-26(18,4)23(20)11-15-27(21,22)5/h17-24,29-30H,6-16H2,1-5H3/t17-,18-,19-,20-,21+,22-,23-,24?,26-,27+/m0/s1. The van der Waals surface area contributed by atoms with Gasteiger partial charge >= 0.3 is 0 Å². The predicted molar refractivity (Wildman–Crippen MR) is 126 cm³/mol. The molecule has 0 spiro atoms. The van der Waals surface area contributed by atoms with E-state index in [0.717, 1.165) is 49.4 Å². The second kappa shape index (κ2) is 8.21. The van der Waals surface area contributed by atoms with Gasteiger partial charge in [0, 0.05) is 4.87 Å². The maximum absolute atomic E-state index is 11.0. The Morgan fingerprint density at radius 1 is 0.967 bits per heavy atom. The van der Waals surface area contributed by atoms with Crippen LogP contribution in [0.25, 0.3) is 0 Å². The molecule has 0 heterocycles. The highest BCUT2D eigenvalue weighted by Gasteiger charge is 2.60. The summed E-state index contributed by atoms with van der Waals surface area (Å²) in [6.07, 6.45) is 12.8. The van der Waals surface area contributed by atoms with E-state index in [4.69, 9.17) is 11.6 Å². The number of rotatable bonds is 5. The quantitative estimate of drug-likeness (QED) is 0.463. The van der Waals surface area contributed by atoms with Gasteiger partial charge in [0.1, 0.15) is 0 Å². The van der Waals surface area contributed by atoms with Gasteiger partial charge in [-0.05, 0) is 131 Å². The van der Waals surface area contributed by atoms with Crippen LogP contribution in [0, 0.1) is 46.3 Å². The number of aliphatic hydroxyl groups is 2. The van der Waals surface area contributed by atoms with E-state index in [1.54, 1.807) is 0 Å². The van der Waals surface area contributed by atoms with Gasteiger partial charge in [-0.2, -0.15) is 0 Å². The molecule has 0 bridgehead atoms. The molecule has 174 valence electrons. The van der Waals surface area contributed by atoms with Crippen molar-refractivity contribution in [3.05, 3.63) is 0 Å². The summed E-state index contributed by atoms with van der Waals surface area (Å²) in [6.45, 7) is 11.6. The Hall–Kier alpha value is 0.210. The summed E-state index contributed by atoms with van der Waals surface area (Å²) in [6, 6.07) is 0. The Morgan fingerprint density at radius 3 is 2.33 bits per heavy atom. The second-order valence-corrected chi connectivity index (χ2v) is 14.0. The summed E-state index contributed by atoms with van der Waals surface area (Å²) in [7, 11) is 0. The molecule has 0 aromatic carbocycles. The zero-order chi connectivity index (χ0) is 21.9. The van der Waals surface area contributed by atoms with Crippen LogP contribution in [0.15, 0.2) is 0 Å². The van der Waals surface area contributed by atoms with Crippen LogP contribution >= 0.6 is 11.6 Å². The minimum absolute atomic E-state index is 0.0513. The van der Waals surface area contributed by atoms with E-state index in [9.17, 15) is 10.2 Å². The summed E-state index contributed by atoms with van der Waals surface area (Å²) in [4.78, 5) is -0.220. The molecule has 2 N–H and O–H groups in total. The predicted octanol–water partition coefficient (Wildman–Crippen LogP) is 6.80. The van der Waals surface area contributed by atoms with Crippen LogP contribution in [0.1, 0.15) is 105 Å². The van der Waals surface area contributed by atoms with Crippen molar-refractivity contribution in [2.75, 3.05) is 0 Å². The third kappa shape index (κ3) is 4.01. The number of hydrogen-bond acceptors (Lipinski definition) is 2. The Labute approximate surface area is 190 Å². The first-order valence-corrected chi connectivity index (χ1v) is 13.4. The average molecular weight is 439 g/mol. The van der Waals surface area contributed by atoms with Gasteiger partial charge in [0.15, 0.2) is 0 Å². The molecular formula is C27H47ClO2. The number of alkyl halides is 1. The van der Waals surface area contributed by atoms with E-state index in [2.05, 4.69) is 34.6 Å². The van der Waals surface area contributed by atoms with Gasteiger partial charge in [0.05, 0.1) is 12.2 Å². The Morgan fingerprint density at radius 2 is 1.63 bits per heavy atom. The fraction of sp³-hybridized carbons (Fsp3) is 1.00. The number of halogens is 1. The van der Waals surface area contributed by atoms with E-state index in [1.165, 1.54) is 44.9 Å². The van der Waals surface area contributed by atoms with E-state index >= 15 is 0 Å². The summed E-state index contributed by atoms with van der Waals surface area (Å²) in [5.41, 5.74) is 0.855. The highest BCUT2D eigenvalue weighted by Crippen LogP contribution is 2.68. The Bertz CT molecular complexity index is 614. The molecule has 4 fully saturated rings. The fourth-order valence-corrected chi connectivity index (χ4v) is 9.27. The van der Waals surface area contributed by atoms with Crippen molar-refractivity contribution in [1.82, 2.24) is 0 Å². The van der Waals surface area contributed by atoms with E-state index in [1.807, 2.05) is 0 Å². The summed E-state index contributed by atoms with van der Waals surface area (Å²) >= 11 is 6.41. The first-order valence-electron chi connectivity index (χ1n) is 13.0. The molecule has 4 aliphatic carbocycles. The van der Waals surface area contributed by atoms with Crippen molar-refractivity contribution in [3.8, 4) is 0 Å². The zero-order valence-electron chi connectivity index (χ0n) is 20.2. The van der Waals surface area contributed by atoms with E-state index < -0.39 is 0 Å². The molecule has 4 aliphatic rings. The molecule has 0 amide bonds. The average Bonchev–Trinajstić information content (AvgIpc) is 3.02.